The topological polar surface area (TPSA) is 143 Å². The van der Waals surface area contributed by atoms with Gasteiger partial charge < -0.3 is 20.2 Å². The van der Waals surface area contributed by atoms with E-state index in [2.05, 4.69) is 33.2 Å². The predicted octanol–water partition coefficient (Wildman–Crippen LogP) is 1.89. The second-order valence-corrected chi connectivity index (χ2v) is 8.52. The van der Waals surface area contributed by atoms with Crippen LogP contribution in [0.3, 0.4) is 0 Å². The van der Waals surface area contributed by atoms with Gasteiger partial charge in [0.05, 0.1) is 11.4 Å². The summed E-state index contributed by atoms with van der Waals surface area (Å²) in [5.74, 6) is 5.21. The van der Waals surface area contributed by atoms with Crippen molar-refractivity contribution in [2.75, 3.05) is 25.4 Å². The third kappa shape index (κ3) is 3.50. The van der Waals surface area contributed by atoms with E-state index in [4.69, 9.17) is 15.3 Å². The standard InChI is InChI=1S/C24H24N6O4/c1-13-7-8-17-16(11-13)14(2)22(34-17)21-19-20(24(33)27-26-23(19)25)28-30(21)15-5-3-9-29(12-15)18(32)6-4-10-31/h7-8,11,15,31H,3,5,9-10,12H2,1-2H3,(H2,25,26)(H,27,33). The molecule has 5 rings (SSSR count). The molecule has 3 aromatic heterocycles. The molecule has 10 nitrogen and oxygen atoms in total. The summed E-state index contributed by atoms with van der Waals surface area (Å²) in [6.45, 7) is 4.50. The van der Waals surface area contributed by atoms with Crippen molar-refractivity contribution < 1.29 is 14.3 Å². The van der Waals surface area contributed by atoms with E-state index in [1.54, 1.807) is 9.58 Å². The van der Waals surface area contributed by atoms with E-state index >= 15 is 0 Å². The zero-order valence-corrected chi connectivity index (χ0v) is 18.9. The Balaban J connectivity index is 1.71. The molecule has 1 aromatic carbocycles. The molecule has 0 radical (unpaired) electrons. The SMILES string of the molecule is Cc1ccc2oc(-c3c4c(N)n[nH]c(=O)c4nn3C3CCCN(C(=O)C#CCO)C3)c(C)c2c1. The Labute approximate surface area is 194 Å². The number of H-pyrrole nitrogens is 1. The third-order valence-electron chi connectivity index (χ3n) is 6.27. The van der Waals surface area contributed by atoms with Gasteiger partial charge in [-0.1, -0.05) is 17.6 Å². The average molecular weight is 460 g/mol. The molecule has 1 saturated heterocycles. The number of piperidine rings is 1. The van der Waals surface area contributed by atoms with Gasteiger partial charge in [0.2, 0.25) is 0 Å². The van der Waals surface area contributed by atoms with Crippen LogP contribution in [-0.4, -0.2) is 55.6 Å². The number of fused-ring (bicyclic) bond motifs is 2. The van der Waals surface area contributed by atoms with Crippen LogP contribution in [0.1, 0.15) is 30.0 Å². The molecule has 10 heteroatoms. The number of carbonyl (C=O) groups excluding carboxylic acids is 1. The molecule has 0 spiro atoms. The number of aliphatic hydroxyl groups excluding tert-OH is 1. The van der Waals surface area contributed by atoms with Crippen molar-refractivity contribution in [2.24, 2.45) is 0 Å². The van der Waals surface area contributed by atoms with E-state index in [-0.39, 0.29) is 29.9 Å². The number of aryl methyl sites for hydroxylation is 2. The van der Waals surface area contributed by atoms with Gasteiger partial charge in [0.1, 0.15) is 17.9 Å². The number of nitrogens with zero attached hydrogens (tertiary/aromatic N) is 4. The molecular weight excluding hydrogens is 436 g/mol. The minimum atomic E-state index is -0.452. The summed E-state index contributed by atoms with van der Waals surface area (Å²) in [4.78, 5) is 26.7. The van der Waals surface area contributed by atoms with E-state index in [9.17, 15) is 9.59 Å². The number of anilines is 1. The molecule has 1 fully saturated rings. The fraction of sp³-hybridized carbons (Fsp3) is 0.333. The van der Waals surface area contributed by atoms with Crippen LogP contribution in [-0.2, 0) is 4.79 Å². The number of nitrogen functional groups attached to an aromatic ring is 1. The van der Waals surface area contributed by atoms with E-state index < -0.39 is 5.56 Å². The summed E-state index contributed by atoms with van der Waals surface area (Å²) < 4.78 is 8.02. The van der Waals surface area contributed by atoms with Crippen LogP contribution in [0.15, 0.2) is 27.4 Å². The summed E-state index contributed by atoms with van der Waals surface area (Å²) in [6.07, 6.45) is 1.47. The largest absolute Gasteiger partial charge is 0.454 e. The highest BCUT2D eigenvalue weighted by molar-refractivity contribution is 6.01. The maximum atomic E-state index is 12.6. The minimum absolute atomic E-state index is 0.143. The molecule has 0 saturated carbocycles. The quantitative estimate of drug-likeness (QED) is 0.388. The third-order valence-corrected chi connectivity index (χ3v) is 6.27. The van der Waals surface area contributed by atoms with Crippen LogP contribution in [0, 0.1) is 25.7 Å². The normalized spacial score (nSPS) is 16.1. The summed E-state index contributed by atoms with van der Waals surface area (Å²) in [5.41, 5.74) is 9.23. The van der Waals surface area contributed by atoms with Gasteiger partial charge in [-0.2, -0.15) is 10.2 Å². The molecule has 1 aliphatic heterocycles. The zero-order valence-electron chi connectivity index (χ0n) is 18.9. The molecule has 4 aromatic rings. The monoisotopic (exact) mass is 460 g/mol. The van der Waals surface area contributed by atoms with Gasteiger partial charge >= 0.3 is 0 Å². The van der Waals surface area contributed by atoms with Crippen molar-refractivity contribution in [1.29, 1.82) is 0 Å². The van der Waals surface area contributed by atoms with Gasteiger partial charge in [-0.3, -0.25) is 14.3 Å². The lowest BCUT2D eigenvalue weighted by Gasteiger charge is -2.32. The van der Waals surface area contributed by atoms with Crippen LogP contribution in [0.25, 0.3) is 33.3 Å². The number of aliphatic hydroxyl groups is 1. The Kier molecular flexibility index (Phi) is 5.34. The van der Waals surface area contributed by atoms with Crippen LogP contribution in [0.4, 0.5) is 5.82 Å². The first-order chi connectivity index (χ1) is 16.4. The van der Waals surface area contributed by atoms with Crippen molar-refractivity contribution in [2.45, 2.75) is 32.7 Å². The molecule has 4 heterocycles. The Morgan fingerprint density at radius 1 is 1.38 bits per heavy atom. The van der Waals surface area contributed by atoms with Crippen molar-refractivity contribution in [3.63, 3.8) is 0 Å². The van der Waals surface area contributed by atoms with Gasteiger partial charge in [-0.05, 0) is 44.7 Å². The van der Waals surface area contributed by atoms with E-state index in [1.807, 2.05) is 26.0 Å². The number of likely N-dealkylation sites (tertiary alicyclic amines) is 1. The van der Waals surface area contributed by atoms with Gasteiger partial charge in [-0.25, -0.2) is 5.10 Å². The Bertz CT molecular complexity index is 1550. The number of nitrogens with one attached hydrogen (secondary N) is 1. The first-order valence-electron chi connectivity index (χ1n) is 11.0. The Morgan fingerprint density at radius 3 is 3.00 bits per heavy atom. The zero-order chi connectivity index (χ0) is 24.0. The fourth-order valence-electron chi connectivity index (χ4n) is 4.63. The molecule has 1 atom stereocenters. The van der Waals surface area contributed by atoms with Gasteiger partial charge in [-0.15, -0.1) is 0 Å². The maximum absolute atomic E-state index is 12.6. The molecule has 0 aliphatic carbocycles. The highest BCUT2D eigenvalue weighted by Gasteiger charge is 2.31. The van der Waals surface area contributed by atoms with Crippen molar-refractivity contribution in [1.82, 2.24) is 24.9 Å². The number of hydrogen-bond acceptors (Lipinski definition) is 7. The fourth-order valence-corrected chi connectivity index (χ4v) is 4.63. The number of aromatic amines is 1. The highest BCUT2D eigenvalue weighted by Crippen LogP contribution is 2.40. The van der Waals surface area contributed by atoms with E-state index in [0.29, 0.717) is 29.9 Å². The number of aromatic nitrogens is 4. The first-order valence-corrected chi connectivity index (χ1v) is 11.0. The van der Waals surface area contributed by atoms with Crippen molar-refractivity contribution >= 4 is 33.6 Å². The molecule has 34 heavy (non-hydrogen) atoms. The Hall–Kier alpha value is -4.10. The van der Waals surface area contributed by atoms with Crippen LogP contribution in [0.2, 0.25) is 0 Å². The maximum Gasteiger partial charge on any atom is 0.298 e. The van der Waals surface area contributed by atoms with E-state index in [0.717, 1.165) is 34.9 Å². The highest BCUT2D eigenvalue weighted by atomic mass is 16.3. The lowest BCUT2D eigenvalue weighted by atomic mass is 10.0. The Morgan fingerprint density at radius 2 is 2.21 bits per heavy atom. The van der Waals surface area contributed by atoms with Gasteiger partial charge in [0.15, 0.2) is 17.1 Å². The number of amides is 1. The number of furan rings is 1. The average Bonchev–Trinajstić information content (AvgIpc) is 3.39. The number of benzene rings is 1. The van der Waals surface area contributed by atoms with Crippen LogP contribution in [0.5, 0.6) is 0 Å². The van der Waals surface area contributed by atoms with Crippen LogP contribution >= 0.6 is 0 Å². The molecular formula is C24H24N6O4. The lowest BCUT2D eigenvalue weighted by Crippen LogP contribution is -2.40. The minimum Gasteiger partial charge on any atom is -0.454 e. The summed E-state index contributed by atoms with van der Waals surface area (Å²) >= 11 is 0. The number of carbonyl (C=O) groups is 1. The second kappa shape index (κ2) is 8.35. The number of hydrogen-bond donors (Lipinski definition) is 3. The smallest absolute Gasteiger partial charge is 0.298 e. The van der Waals surface area contributed by atoms with Crippen LogP contribution < -0.4 is 11.3 Å². The first kappa shape index (κ1) is 21.7. The van der Waals surface area contributed by atoms with Crippen molar-refractivity contribution in [3.05, 3.63) is 39.7 Å². The molecule has 1 aliphatic rings. The van der Waals surface area contributed by atoms with Crippen molar-refractivity contribution in [3.8, 4) is 23.3 Å². The molecule has 174 valence electrons. The van der Waals surface area contributed by atoms with E-state index in [1.165, 1.54) is 0 Å². The summed E-state index contributed by atoms with van der Waals surface area (Å²) in [6, 6.07) is 5.71. The molecule has 4 N–H and O–H groups in total. The molecule has 0 bridgehead atoms. The number of nitrogens with two attached hydrogens (primary N) is 1. The van der Waals surface area contributed by atoms with Gasteiger partial charge in [0.25, 0.3) is 11.5 Å². The predicted molar refractivity (Wildman–Crippen MR) is 127 cm³/mol. The summed E-state index contributed by atoms with van der Waals surface area (Å²) in [5, 5.41) is 21.3. The molecule has 1 unspecified atom stereocenters. The summed E-state index contributed by atoms with van der Waals surface area (Å²) in [7, 11) is 0. The van der Waals surface area contributed by atoms with Gasteiger partial charge in [0, 0.05) is 24.0 Å². The second-order valence-electron chi connectivity index (χ2n) is 8.52. The lowest BCUT2D eigenvalue weighted by molar-refractivity contribution is -0.126. The number of rotatable bonds is 2. The molecule has 1 amide bonds.